The van der Waals surface area contributed by atoms with Gasteiger partial charge in [0.2, 0.25) is 0 Å². The van der Waals surface area contributed by atoms with Gasteiger partial charge < -0.3 is 10.2 Å². The van der Waals surface area contributed by atoms with Gasteiger partial charge in [0.25, 0.3) is 0 Å². The van der Waals surface area contributed by atoms with Crippen molar-refractivity contribution >= 4 is 21.6 Å². The molecule has 1 aromatic heterocycles. The molecular formula is C9H7BrN2O. The molecule has 0 aliphatic heterocycles. The first-order valence-electron chi connectivity index (χ1n) is 3.71. The number of aromatic nitrogens is 1. The number of nitrogens with zero attached hydrogens (tertiary/aromatic N) is 1. The van der Waals surface area contributed by atoms with Gasteiger partial charge in [0.05, 0.1) is 6.20 Å². The monoisotopic (exact) mass is 238 g/mol. The molecule has 0 bridgehead atoms. The van der Waals surface area contributed by atoms with Crippen LogP contribution in [0.3, 0.4) is 0 Å². The first-order chi connectivity index (χ1) is 6.27. The van der Waals surface area contributed by atoms with Gasteiger partial charge in [-0.05, 0) is 18.2 Å². The molecule has 0 spiro atoms. The van der Waals surface area contributed by atoms with Gasteiger partial charge in [0.1, 0.15) is 0 Å². The van der Waals surface area contributed by atoms with E-state index < -0.39 is 0 Å². The fourth-order valence-electron chi connectivity index (χ4n) is 1.09. The zero-order chi connectivity index (χ0) is 9.26. The minimum atomic E-state index is 0.679. The number of rotatable bonds is 1. The molecule has 1 heterocycles. The molecule has 2 N–H and O–H groups in total. The molecule has 4 heteroatoms. The molecule has 0 saturated carbocycles. The van der Waals surface area contributed by atoms with Gasteiger partial charge in [-0.1, -0.05) is 15.9 Å². The number of hydrogen-bond acceptors (Lipinski definition) is 3. The molecule has 0 unspecified atom stereocenters. The van der Waals surface area contributed by atoms with Crippen molar-refractivity contribution in [2.75, 3.05) is 5.73 Å². The molecule has 0 fully saturated rings. The maximum absolute atomic E-state index is 5.77. The van der Waals surface area contributed by atoms with Gasteiger partial charge in [-0.3, -0.25) is 0 Å². The van der Waals surface area contributed by atoms with Gasteiger partial charge >= 0.3 is 0 Å². The van der Waals surface area contributed by atoms with Crippen LogP contribution in [0.25, 0.3) is 11.3 Å². The zero-order valence-corrected chi connectivity index (χ0v) is 8.28. The summed E-state index contributed by atoms with van der Waals surface area (Å²) in [4.78, 5) is 3.83. The summed E-state index contributed by atoms with van der Waals surface area (Å²) in [5, 5.41) is 0. The molecule has 13 heavy (non-hydrogen) atoms. The molecule has 2 aromatic rings. The second kappa shape index (κ2) is 3.22. The molecule has 0 atom stereocenters. The maximum atomic E-state index is 5.77. The van der Waals surface area contributed by atoms with Crippen LogP contribution in [0.5, 0.6) is 0 Å². The summed E-state index contributed by atoms with van der Waals surface area (Å²) in [6.07, 6.45) is 3.02. The van der Waals surface area contributed by atoms with Crippen LogP contribution >= 0.6 is 15.9 Å². The smallest absolute Gasteiger partial charge is 0.181 e. The molecule has 2 rings (SSSR count). The number of nitrogen functional groups attached to an aromatic ring is 1. The first-order valence-corrected chi connectivity index (χ1v) is 4.50. The average Bonchev–Trinajstić information content (AvgIpc) is 2.61. The van der Waals surface area contributed by atoms with Gasteiger partial charge in [-0.25, -0.2) is 4.98 Å². The van der Waals surface area contributed by atoms with E-state index in [1.165, 1.54) is 6.39 Å². The second-order valence-electron chi connectivity index (χ2n) is 2.60. The lowest BCUT2D eigenvalue weighted by atomic mass is 10.1. The van der Waals surface area contributed by atoms with Crippen molar-refractivity contribution in [3.05, 3.63) is 35.3 Å². The Kier molecular flexibility index (Phi) is 2.06. The van der Waals surface area contributed by atoms with Crippen LogP contribution in [0.2, 0.25) is 0 Å². The highest BCUT2D eigenvalue weighted by atomic mass is 79.9. The van der Waals surface area contributed by atoms with E-state index in [4.69, 9.17) is 10.2 Å². The highest BCUT2D eigenvalue weighted by Crippen LogP contribution is 2.28. The van der Waals surface area contributed by atoms with Gasteiger partial charge in [0, 0.05) is 15.7 Å². The quantitative estimate of drug-likeness (QED) is 0.778. The third-order valence-corrected chi connectivity index (χ3v) is 2.21. The van der Waals surface area contributed by atoms with Crippen molar-refractivity contribution in [1.82, 2.24) is 4.98 Å². The van der Waals surface area contributed by atoms with Crippen LogP contribution in [0, 0.1) is 0 Å². The van der Waals surface area contributed by atoms with Crippen LogP contribution in [0.1, 0.15) is 0 Å². The Hall–Kier alpha value is -1.29. The van der Waals surface area contributed by atoms with Crippen molar-refractivity contribution in [1.29, 1.82) is 0 Å². The maximum Gasteiger partial charge on any atom is 0.181 e. The average molecular weight is 239 g/mol. The largest absolute Gasteiger partial charge is 0.443 e. The summed E-state index contributed by atoms with van der Waals surface area (Å²) in [5.41, 5.74) is 7.31. The number of halogens is 1. The van der Waals surface area contributed by atoms with Crippen LogP contribution in [-0.2, 0) is 0 Å². The van der Waals surface area contributed by atoms with E-state index in [1.807, 2.05) is 18.2 Å². The number of oxazole rings is 1. The van der Waals surface area contributed by atoms with Crippen molar-refractivity contribution < 1.29 is 4.42 Å². The molecular weight excluding hydrogens is 232 g/mol. The highest BCUT2D eigenvalue weighted by Gasteiger charge is 2.05. The summed E-state index contributed by atoms with van der Waals surface area (Å²) in [6, 6.07) is 5.60. The highest BCUT2D eigenvalue weighted by molar-refractivity contribution is 9.10. The SMILES string of the molecule is Nc1ccc(Br)cc1-c1cnco1. The summed E-state index contributed by atoms with van der Waals surface area (Å²) in [5.74, 6) is 0.679. The van der Waals surface area contributed by atoms with Gasteiger partial charge in [0.15, 0.2) is 12.2 Å². The van der Waals surface area contributed by atoms with E-state index in [0.717, 1.165) is 10.0 Å². The Balaban J connectivity index is 2.57. The minimum absolute atomic E-state index is 0.679. The van der Waals surface area contributed by atoms with E-state index >= 15 is 0 Å². The Bertz CT molecular complexity index is 412. The lowest BCUT2D eigenvalue weighted by Gasteiger charge is -2.01. The van der Waals surface area contributed by atoms with Crippen LogP contribution < -0.4 is 5.73 Å². The molecule has 0 aliphatic carbocycles. The van der Waals surface area contributed by atoms with Gasteiger partial charge in [-0.15, -0.1) is 0 Å². The predicted octanol–water partition coefficient (Wildman–Crippen LogP) is 2.69. The number of nitrogens with two attached hydrogens (primary N) is 1. The Morgan fingerprint density at radius 3 is 2.92 bits per heavy atom. The number of anilines is 1. The second-order valence-corrected chi connectivity index (χ2v) is 3.51. The van der Waals surface area contributed by atoms with E-state index in [-0.39, 0.29) is 0 Å². The van der Waals surface area contributed by atoms with Crippen molar-refractivity contribution in [2.45, 2.75) is 0 Å². The summed E-state index contributed by atoms with van der Waals surface area (Å²) < 4.78 is 6.11. The molecule has 66 valence electrons. The molecule has 1 aromatic carbocycles. The third-order valence-electron chi connectivity index (χ3n) is 1.71. The predicted molar refractivity (Wildman–Crippen MR) is 54.1 cm³/mol. The van der Waals surface area contributed by atoms with Crippen molar-refractivity contribution in [3.63, 3.8) is 0 Å². The number of benzene rings is 1. The van der Waals surface area contributed by atoms with E-state index in [2.05, 4.69) is 20.9 Å². The molecule has 0 saturated heterocycles. The zero-order valence-electron chi connectivity index (χ0n) is 6.70. The van der Waals surface area contributed by atoms with E-state index in [9.17, 15) is 0 Å². The Labute approximate surface area is 83.7 Å². The minimum Gasteiger partial charge on any atom is -0.443 e. The topological polar surface area (TPSA) is 52.0 Å². The first kappa shape index (κ1) is 8.31. The number of hydrogen-bond donors (Lipinski definition) is 1. The van der Waals surface area contributed by atoms with Crippen molar-refractivity contribution in [2.24, 2.45) is 0 Å². The lowest BCUT2D eigenvalue weighted by molar-refractivity contribution is 0.572. The van der Waals surface area contributed by atoms with E-state index in [0.29, 0.717) is 11.4 Å². The fraction of sp³-hybridized carbons (Fsp3) is 0. The van der Waals surface area contributed by atoms with E-state index in [1.54, 1.807) is 6.20 Å². The van der Waals surface area contributed by atoms with Gasteiger partial charge in [-0.2, -0.15) is 0 Å². The standard InChI is InChI=1S/C9H7BrN2O/c10-6-1-2-8(11)7(3-6)9-4-12-5-13-9/h1-5H,11H2. The molecule has 3 nitrogen and oxygen atoms in total. The summed E-state index contributed by atoms with van der Waals surface area (Å²) in [7, 11) is 0. The molecule has 0 radical (unpaired) electrons. The van der Waals surface area contributed by atoms with Crippen molar-refractivity contribution in [3.8, 4) is 11.3 Å². The van der Waals surface area contributed by atoms with Crippen LogP contribution in [0.15, 0.2) is 39.7 Å². The Morgan fingerprint density at radius 2 is 2.23 bits per heavy atom. The van der Waals surface area contributed by atoms with Crippen LogP contribution in [0.4, 0.5) is 5.69 Å². The fourth-order valence-corrected chi connectivity index (χ4v) is 1.45. The third kappa shape index (κ3) is 1.58. The van der Waals surface area contributed by atoms with Crippen LogP contribution in [-0.4, -0.2) is 4.98 Å². The normalized spacial score (nSPS) is 10.2. The lowest BCUT2D eigenvalue weighted by Crippen LogP contribution is -1.88. The molecule has 0 aliphatic rings. The summed E-state index contributed by atoms with van der Waals surface area (Å²) in [6.45, 7) is 0. The molecule has 0 amide bonds. The summed E-state index contributed by atoms with van der Waals surface area (Å²) >= 11 is 3.36. The Morgan fingerprint density at radius 1 is 1.38 bits per heavy atom.